The largest absolute Gasteiger partial charge is 0.611 e. The van der Waals surface area contributed by atoms with E-state index in [1.807, 2.05) is 29.6 Å². The van der Waals surface area contributed by atoms with Gasteiger partial charge in [0.25, 0.3) is 0 Å². The van der Waals surface area contributed by atoms with Crippen LogP contribution < -0.4 is 16.4 Å². The minimum absolute atomic E-state index is 0.0653. The van der Waals surface area contributed by atoms with Crippen molar-refractivity contribution in [2.75, 3.05) is 18.9 Å². The van der Waals surface area contributed by atoms with Gasteiger partial charge in [-0.15, -0.1) is 11.3 Å². The molecule has 2 amide bonds. The maximum atomic E-state index is 13.0. The highest BCUT2D eigenvalue weighted by atomic mass is 32.3. The molecule has 35 heavy (non-hydrogen) atoms. The molecular weight excluding hydrogens is 502 g/mol. The van der Waals surface area contributed by atoms with Crippen LogP contribution in [0.25, 0.3) is 5.70 Å². The van der Waals surface area contributed by atoms with Crippen LogP contribution in [0.4, 0.5) is 4.79 Å². The lowest BCUT2D eigenvalue weighted by molar-refractivity contribution is 0.234. The quantitative estimate of drug-likeness (QED) is 0.347. The van der Waals surface area contributed by atoms with Gasteiger partial charge >= 0.3 is 6.03 Å². The molecule has 3 heterocycles. The fraction of sp³-hybridized carbons (Fsp3) is 0.375. The third-order valence-corrected chi connectivity index (χ3v) is 9.61. The average Bonchev–Trinajstić information content (AvgIpc) is 3.53. The lowest BCUT2D eigenvalue weighted by Gasteiger charge is -2.26. The number of unbranched alkanes of at least 4 members (excludes halogenated alkanes) is 1. The van der Waals surface area contributed by atoms with Crippen LogP contribution in [-0.2, 0) is 17.7 Å². The van der Waals surface area contributed by atoms with Gasteiger partial charge in [0.1, 0.15) is 10.8 Å². The van der Waals surface area contributed by atoms with Crippen LogP contribution in [0.5, 0.6) is 0 Å². The van der Waals surface area contributed by atoms with Gasteiger partial charge in [-0.1, -0.05) is 37.6 Å². The molecule has 2 aromatic rings. The molecule has 11 heteroatoms. The van der Waals surface area contributed by atoms with Gasteiger partial charge in [0, 0.05) is 30.6 Å². The van der Waals surface area contributed by atoms with Gasteiger partial charge in [-0.05, 0) is 46.6 Å². The summed E-state index contributed by atoms with van der Waals surface area (Å²) in [6.07, 6.45) is 5.74. The highest BCUT2D eigenvalue weighted by Gasteiger charge is 2.43. The number of thiazole rings is 1. The molecule has 2 aliphatic heterocycles. The number of benzene rings is 1. The van der Waals surface area contributed by atoms with Crippen molar-refractivity contribution in [3.05, 3.63) is 68.0 Å². The molecule has 0 saturated carbocycles. The second-order valence-corrected chi connectivity index (χ2v) is 11.9. The van der Waals surface area contributed by atoms with E-state index < -0.39 is 11.2 Å². The van der Waals surface area contributed by atoms with E-state index in [1.165, 1.54) is 23.1 Å². The Morgan fingerprint density at radius 2 is 2.09 bits per heavy atom. The van der Waals surface area contributed by atoms with Crippen molar-refractivity contribution in [1.29, 1.82) is 0 Å². The Hall–Kier alpha value is -2.31. The van der Waals surface area contributed by atoms with E-state index in [0.29, 0.717) is 18.0 Å². The molecule has 8 nitrogen and oxygen atoms in total. The van der Waals surface area contributed by atoms with Crippen molar-refractivity contribution in [3.63, 3.8) is 0 Å². The van der Waals surface area contributed by atoms with Crippen molar-refractivity contribution in [3.8, 4) is 0 Å². The first-order valence-electron chi connectivity index (χ1n) is 11.5. The number of aromatic nitrogens is 1. The molecular formula is C24H29N5O3S3. The zero-order valence-corrected chi connectivity index (χ0v) is 21.8. The van der Waals surface area contributed by atoms with E-state index in [1.54, 1.807) is 6.20 Å². The molecule has 0 aliphatic carbocycles. The minimum Gasteiger partial charge on any atom is -0.611 e. The number of allylic oxidation sites excluding steroid dienone is 2. The van der Waals surface area contributed by atoms with Crippen LogP contribution in [0.1, 0.15) is 41.8 Å². The summed E-state index contributed by atoms with van der Waals surface area (Å²) in [5.41, 5.74) is 10.1. The fourth-order valence-electron chi connectivity index (χ4n) is 3.91. The molecule has 0 fully saturated rings. The Labute approximate surface area is 216 Å². The number of amides is 2. The number of aliphatic hydroxyl groups is 1. The third kappa shape index (κ3) is 6.10. The number of nitrogens with zero attached hydrogens (tertiary/aromatic N) is 2. The van der Waals surface area contributed by atoms with Crippen molar-refractivity contribution in [2.45, 2.75) is 32.2 Å². The van der Waals surface area contributed by atoms with Gasteiger partial charge in [0.05, 0.1) is 29.0 Å². The number of nitrogens with two attached hydrogens (primary N) is 1. The lowest BCUT2D eigenvalue weighted by atomic mass is 9.82. The van der Waals surface area contributed by atoms with Crippen LogP contribution in [0, 0.1) is 5.92 Å². The number of hydrogen-bond donors (Lipinski definition) is 4. The number of fused-ring (bicyclic) bond motifs is 1. The van der Waals surface area contributed by atoms with Crippen molar-refractivity contribution in [2.24, 2.45) is 16.6 Å². The molecule has 1 aromatic heterocycles. The van der Waals surface area contributed by atoms with E-state index >= 15 is 0 Å². The first-order valence-corrected chi connectivity index (χ1v) is 14.5. The van der Waals surface area contributed by atoms with Crippen LogP contribution in [0.15, 0.2) is 56.8 Å². The maximum Gasteiger partial charge on any atom is 0.315 e. The number of thioether (sulfide) groups is 1. The normalized spacial score (nSPS) is 20.2. The molecule has 0 saturated heterocycles. The SMILES string of the molecule is CCCC[S+]([O-])C1=C(N)C2C(=NC(c3nccs3)=CC2c2ccc(CNC(=O)NCCO)cc2)S1. The van der Waals surface area contributed by atoms with Gasteiger partial charge in [0.15, 0.2) is 0 Å². The van der Waals surface area contributed by atoms with Gasteiger partial charge < -0.3 is 26.0 Å². The number of hydrogen-bond acceptors (Lipinski definition) is 8. The molecule has 5 N–H and O–H groups in total. The van der Waals surface area contributed by atoms with Gasteiger partial charge in [-0.3, -0.25) is 0 Å². The van der Waals surface area contributed by atoms with Gasteiger partial charge in [-0.25, -0.2) is 14.8 Å². The second kappa shape index (κ2) is 12.1. The summed E-state index contributed by atoms with van der Waals surface area (Å²) in [4.78, 5) is 21.1. The number of nitrogens with one attached hydrogen (secondary N) is 2. The van der Waals surface area contributed by atoms with Crippen LogP contribution in [0.3, 0.4) is 0 Å². The van der Waals surface area contributed by atoms with Gasteiger partial charge in [-0.2, -0.15) is 0 Å². The summed E-state index contributed by atoms with van der Waals surface area (Å²) < 4.78 is 13.7. The van der Waals surface area contributed by atoms with E-state index in [2.05, 4.69) is 28.6 Å². The van der Waals surface area contributed by atoms with Gasteiger partial charge in [0.2, 0.25) is 4.24 Å². The minimum atomic E-state index is -1.14. The predicted molar refractivity (Wildman–Crippen MR) is 144 cm³/mol. The molecule has 2 aliphatic rings. The summed E-state index contributed by atoms with van der Waals surface area (Å²) in [6.45, 7) is 2.57. The number of aliphatic imine (C=N–C) groups is 1. The first-order chi connectivity index (χ1) is 17.0. The van der Waals surface area contributed by atoms with Crippen molar-refractivity contribution in [1.82, 2.24) is 15.6 Å². The Kier molecular flexibility index (Phi) is 8.90. The monoisotopic (exact) mass is 531 g/mol. The van der Waals surface area contributed by atoms with E-state index in [9.17, 15) is 9.35 Å². The second-order valence-electron chi connectivity index (χ2n) is 8.17. The van der Waals surface area contributed by atoms with Crippen LogP contribution >= 0.6 is 23.1 Å². The number of aliphatic hydroxyl groups excluding tert-OH is 1. The molecule has 3 unspecified atom stereocenters. The maximum absolute atomic E-state index is 13.0. The highest BCUT2D eigenvalue weighted by molar-refractivity contribution is 8.27. The topological polar surface area (TPSA) is 136 Å². The Balaban J connectivity index is 1.58. The number of carbonyl (C=O) groups is 1. The molecule has 186 valence electrons. The summed E-state index contributed by atoms with van der Waals surface area (Å²) in [5, 5.41) is 17.8. The Morgan fingerprint density at radius 1 is 1.29 bits per heavy atom. The zero-order valence-electron chi connectivity index (χ0n) is 19.4. The molecule has 1 aromatic carbocycles. The smallest absolute Gasteiger partial charge is 0.315 e. The first kappa shape index (κ1) is 25.8. The predicted octanol–water partition coefficient (Wildman–Crippen LogP) is 3.51. The summed E-state index contributed by atoms with van der Waals surface area (Å²) in [6, 6.07) is 7.71. The van der Waals surface area contributed by atoms with E-state index in [4.69, 9.17) is 15.8 Å². The van der Waals surface area contributed by atoms with Crippen LogP contribution in [-0.4, -0.2) is 44.6 Å². The highest BCUT2D eigenvalue weighted by Crippen LogP contribution is 2.50. The number of rotatable bonds is 10. The molecule has 4 rings (SSSR count). The van der Waals surface area contributed by atoms with E-state index in [0.717, 1.165) is 44.0 Å². The third-order valence-electron chi connectivity index (χ3n) is 5.72. The number of carbonyl (C=O) groups excluding carboxylic acids is 1. The average molecular weight is 532 g/mol. The molecule has 0 radical (unpaired) electrons. The summed E-state index contributed by atoms with van der Waals surface area (Å²) in [7, 11) is 0. The summed E-state index contributed by atoms with van der Waals surface area (Å²) in [5.74, 6) is 0.381. The standard InChI is InChI=1S/C24H29N5O3S3/c1-2-3-12-35(32)23-20(25)19-17(13-18(29-22(19)34-23)21-26-9-11-33-21)16-6-4-15(5-7-16)14-28-24(31)27-8-10-30/h4-7,9,11,13,17,19,30H,2-3,8,10,12,14,25H2,1H3,(H2,27,28,31). The molecule has 0 bridgehead atoms. The van der Waals surface area contributed by atoms with Crippen molar-refractivity contribution >= 4 is 51.0 Å². The molecule has 3 atom stereocenters. The van der Waals surface area contributed by atoms with Crippen LogP contribution in [0.2, 0.25) is 0 Å². The molecule has 0 spiro atoms. The van der Waals surface area contributed by atoms with E-state index in [-0.39, 0.29) is 31.0 Å². The lowest BCUT2D eigenvalue weighted by Crippen LogP contribution is -2.36. The summed E-state index contributed by atoms with van der Waals surface area (Å²) >= 11 is 1.85. The Morgan fingerprint density at radius 3 is 2.77 bits per heavy atom. The zero-order chi connectivity index (χ0) is 24.8. The Bertz CT molecular complexity index is 1120. The number of urea groups is 1. The van der Waals surface area contributed by atoms with Crippen molar-refractivity contribution < 1.29 is 14.5 Å². The fourth-order valence-corrected chi connectivity index (χ4v) is 7.50.